The zero-order valence-electron chi connectivity index (χ0n) is 18.3. The molecule has 1 aliphatic rings. The zero-order chi connectivity index (χ0) is 23.6. The van der Waals surface area contributed by atoms with E-state index in [9.17, 15) is 17.2 Å². The minimum absolute atomic E-state index is 0.0193. The van der Waals surface area contributed by atoms with Gasteiger partial charge in [-0.3, -0.25) is 4.90 Å². The van der Waals surface area contributed by atoms with Crippen molar-refractivity contribution in [1.82, 2.24) is 4.90 Å². The van der Waals surface area contributed by atoms with Gasteiger partial charge in [-0.2, -0.15) is 0 Å². The van der Waals surface area contributed by atoms with E-state index in [0.29, 0.717) is 11.6 Å². The van der Waals surface area contributed by atoms with Crippen molar-refractivity contribution in [3.05, 3.63) is 88.9 Å². The molecule has 1 atom stereocenters. The fraction of sp³-hybridized carbons (Fsp3) is 0.308. The number of halogens is 3. The predicted octanol–water partition coefficient (Wildman–Crippen LogP) is 6.41. The van der Waals surface area contributed by atoms with E-state index in [1.54, 1.807) is 0 Å². The summed E-state index contributed by atoms with van der Waals surface area (Å²) in [5, 5.41) is 0.706. The highest BCUT2D eigenvalue weighted by Crippen LogP contribution is 2.30. The van der Waals surface area contributed by atoms with Gasteiger partial charge in [-0.05, 0) is 59.8 Å². The highest BCUT2D eigenvalue weighted by molar-refractivity contribution is 7.91. The lowest BCUT2D eigenvalue weighted by Gasteiger charge is -2.17. The second-order valence-electron chi connectivity index (χ2n) is 8.79. The molecular weight excluding hydrogens is 464 g/mol. The fourth-order valence-corrected chi connectivity index (χ4v) is 6.07. The summed E-state index contributed by atoms with van der Waals surface area (Å²) in [5.74, 6) is -3.12. The lowest BCUT2D eigenvalue weighted by Crippen LogP contribution is -2.23. The van der Waals surface area contributed by atoms with Crippen LogP contribution in [0.1, 0.15) is 24.5 Å². The number of sulfone groups is 1. The van der Waals surface area contributed by atoms with Crippen molar-refractivity contribution >= 4 is 21.4 Å². The van der Waals surface area contributed by atoms with Gasteiger partial charge in [0.2, 0.25) is 0 Å². The van der Waals surface area contributed by atoms with Gasteiger partial charge >= 0.3 is 0 Å². The predicted molar refractivity (Wildman–Crippen MR) is 128 cm³/mol. The van der Waals surface area contributed by atoms with E-state index in [1.807, 2.05) is 24.3 Å². The third-order valence-electron chi connectivity index (χ3n) is 6.06. The number of rotatable bonds is 7. The molecule has 0 unspecified atom stereocenters. The monoisotopic (exact) mass is 489 g/mol. The normalized spacial score (nSPS) is 17.4. The molecule has 3 nitrogen and oxygen atoms in total. The van der Waals surface area contributed by atoms with Crippen molar-refractivity contribution in [1.29, 1.82) is 0 Å². The van der Waals surface area contributed by atoms with E-state index in [4.69, 9.17) is 11.6 Å². The minimum atomic E-state index is -3.63. The standard InChI is InChI=1S/C26H26ClF2NO2S/c1-26(28,29)23-3-2-4-25(15-23)33(31,32)18-20-13-14-30(17-20)16-19-5-7-21(8-6-19)22-9-11-24(27)12-10-22/h2-12,15,20H,13-14,16-18H2,1H3/t20-/m1/s1. The molecule has 0 bridgehead atoms. The summed E-state index contributed by atoms with van der Waals surface area (Å²) in [6.45, 7) is 3.00. The molecule has 0 N–H and O–H groups in total. The fourth-order valence-electron chi connectivity index (χ4n) is 4.26. The van der Waals surface area contributed by atoms with E-state index in [1.165, 1.54) is 18.2 Å². The van der Waals surface area contributed by atoms with Crippen LogP contribution in [0.25, 0.3) is 11.1 Å². The molecule has 1 saturated heterocycles. The maximum Gasteiger partial charge on any atom is 0.270 e. The first kappa shape index (κ1) is 23.9. The van der Waals surface area contributed by atoms with Crippen LogP contribution in [0.2, 0.25) is 5.02 Å². The third kappa shape index (κ3) is 5.99. The Labute approximate surface area is 198 Å². The molecule has 0 aliphatic carbocycles. The Hall–Kier alpha value is -2.28. The van der Waals surface area contributed by atoms with Crippen LogP contribution >= 0.6 is 11.6 Å². The van der Waals surface area contributed by atoms with Crippen molar-refractivity contribution in [3.63, 3.8) is 0 Å². The minimum Gasteiger partial charge on any atom is -0.299 e. The maximum absolute atomic E-state index is 13.6. The van der Waals surface area contributed by atoms with Gasteiger partial charge in [0.1, 0.15) is 0 Å². The van der Waals surface area contributed by atoms with E-state index < -0.39 is 15.8 Å². The molecule has 3 aromatic carbocycles. The molecule has 0 aromatic heterocycles. The van der Waals surface area contributed by atoms with Gasteiger partial charge in [0, 0.05) is 30.6 Å². The Kier molecular flexibility index (Phi) is 6.89. The van der Waals surface area contributed by atoms with Gasteiger partial charge in [0.25, 0.3) is 5.92 Å². The van der Waals surface area contributed by atoms with Crippen LogP contribution in [-0.2, 0) is 22.3 Å². The van der Waals surface area contributed by atoms with Crippen molar-refractivity contribution in [3.8, 4) is 11.1 Å². The largest absolute Gasteiger partial charge is 0.299 e. The maximum atomic E-state index is 13.6. The van der Waals surface area contributed by atoms with Crippen LogP contribution in [0.5, 0.6) is 0 Å². The first-order valence-corrected chi connectivity index (χ1v) is 12.9. The Morgan fingerprint density at radius 2 is 1.64 bits per heavy atom. The topological polar surface area (TPSA) is 37.4 Å². The molecule has 0 spiro atoms. The number of hydrogen-bond donors (Lipinski definition) is 0. The van der Waals surface area contributed by atoms with Gasteiger partial charge in [-0.15, -0.1) is 0 Å². The molecule has 1 fully saturated rings. The van der Waals surface area contributed by atoms with Crippen LogP contribution < -0.4 is 0 Å². The summed E-state index contributed by atoms with van der Waals surface area (Å²) in [7, 11) is -3.63. The number of hydrogen-bond acceptors (Lipinski definition) is 3. The summed E-state index contributed by atoms with van der Waals surface area (Å²) < 4.78 is 52.9. The van der Waals surface area contributed by atoms with E-state index in [-0.39, 0.29) is 22.1 Å². The lowest BCUT2D eigenvalue weighted by atomic mass is 10.0. The molecule has 3 aromatic rings. The van der Waals surface area contributed by atoms with Crippen LogP contribution in [0.4, 0.5) is 8.78 Å². The first-order chi connectivity index (χ1) is 15.6. The second kappa shape index (κ2) is 9.53. The van der Waals surface area contributed by atoms with Gasteiger partial charge in [0.15, 0.2) is 9.84 Å². The molecule has 7 heteroatoms. The Bertz CT molecular complexity index is 1210. The summed E-state index contributed by atoms with van der Waals surface area (Å²) in [6.07, 6.45) is 0.770. The van der Waals surface area contributed by atoms with Crippen molar-refractivity contribution in [2.75, 3.05) is 18.8 Å². The SMILES string of the molecule is CC(F)(F)c1cccc(S(=O)(=O)C[C@@H]2CCN(Cc3ccc(-c4ccc(Cl)cc4)cc3)C2)c1. The third-order valence-corrected chi connectivity index (χ3v) is 8.20. The van der Waals surface area contributed by atoms with Crippen molar-refractivity contribution in [2.24, 2.45) is 5.92 Å². The molecule has 174 valence electrons. The Morgan fingerprint density at radius 3 is 2.27 bits per heavy atom. The number of alkyl halides is 2. The molecular formula is C26H26ClF2NO2S. The highest BCUT2D eigenvalue weighted by Gasteiger charge is 2.30. The molecule has 1 aliphatic heterocycles. The van der Waals surface area contributed by atoms with Crippen molar-refractivity contribution in [2.45, 2.75) is 30.7 Å². The Morgan fingerprint density at radius 1 is 1.00 bits per heavy atom. The van der Waals surface area contributed by atoms with Gasteiger partial charge < -0.3 is 0 Å². The summed E-state index contributed by atoms with van der Waals surface area (Å²) in [4.78, 5) is 2.21. The molecule has 0 amide bonds. The van der Waals surface area contributed by atoms with Crippen LogP contribution in [-0.4, -0.2) is 32.2 Å². The second-order valence-corrected chi connectivity index (χ2v) is 11.3. The van der Waals surface area contributed by atoms with E-state index in [0.717, 1.165) is 49.2 Å². The summed E-state index contributed by atoms with van der Waals surface area (Å²) >= 11 is 5.96. The average molecular weight is 490 g/mol. The number of nitrogens with zero attached hydrogens (tertiary/aromatic N) is 1. The van der Waals surface area contributed by atoms with Gasteiger partial charge in [-0.25, -0.2) is 17.2 Å². The van der Waals surface area contributed by atoms with Crippen LogP contribution in [0, 0.1) is 5.92 Å². The van der Waals surface area contributed by atoms with E-state index in [2.05, 4.69) is 29.2 Å². The quantitative estimate of drug-likeness (QED) is 0.384. The zero-order valence-corrected chi connectivity index (χ0v) is 19.9. The van der Waals surface area contributed by atoms with Gasteiger partial charge in [0.05, 0.1) is 10.6 Å². The van der Waals surface area contributed by atoms with Crippen LogP contribution in [0.3, 0.4) is 0 Å². The van der Waals surface area contributed by atoms with Gasteiger partial charge in [-0.1, -0.05) is 60.1 Å². The average Bonchev–Trinajstić information content (AvgIpc) is 3.20. The summed E-state index contributed by atoms with van der Waals surface area (Å²) in [5.41, 5.74) is 3.09. The van der Waals surface area contributed by atoms with Crippen LogP contribution in [0.15, 0.2) is 77.7 Å². The molecule has 4 rings (SSSR count). The molecule has 1 heterocycles. The van der Waals surface area contributed by atoms with E-state index >= 15 is 0 Å². The van der Waals surface area contributed by atoms with Crippen molar-refractivity contribution < 1.29 is 17.2 Å². The lowest BCUT2D eigenvalue weighted by molar-refractivity contribution is 0.0172. The molecule has 33 heavy (non-hydrogen) atoms. The molecule has 0 radical (unpaired) electrons. The highest BCUT2D eigenvalue weighted by atomic mass is 35.5. The Balaban J connectivity index is 1.36. The number of likely N-dealkylation sites (tertiary alicyclic amines) is 1. The smallest absolute Gasteiger partial charge is 0.270 e. The molecule has 0 saturated carbocycles. The summed E-state index contributed by atoms with van der Waals surface area (Å²) in [6, 6.07) is 21.2. The number of benzene rings is 3. The first-order valence-electron chi connectivity index (χ1n) is 10.9.